The zero-order chi connectivity index (χ0) is 12.4. The standard InChI is InChI=1S/C13H20N2O2/c1-9-5-12-10(3-2-4-13(12)14)6-15(9)7-11(17)8-16/h2-4,9,11,16-17H,5-8,14H2,1H3. The number of nitrogens with zero attached hydrogens (tertiary/aromatic N) is 1. The highest BCUT2D eigenvalue weighted by Crippen LogP contribution is 2.27. The summed E-state index contributed by atoms with van der Waals surface area (Å²) in [5.41, 5.74) is 9.29. The Kier molecular flexibility index (Phi) is 3.66. The summed E-state index contributed by atoms with van der Waals surface area (Å²) in [5, 5.41) is 18.4. The van der Waals surface area contributed by atoms with Crippen LogP contribution in [0.1, 0.15) is 18.1 Å². The second-order valence-corrected chi connectivity index (χ2v) is 4.80. The number of nitrogen functional groups attached to an aromatic ring is 1. The quantitative estimate of drug-likeness (QED) is 0.663. The van der Waals surface area contributed by atoms with E-state index in [0.717, 1.165) is 18.7 Å². The number of β-amino-alcohol motifs (C(OH)–C–C–N with tert-alkyl or cyclic N) is 1. The Morgan fingerprint density at radius 1 is 1.53 bits per heavy atom. The molecule has 1 heterocycles. The van der Waals surface area contributed by atoms with Crippen LogP contribution in [0.3, 0.4) is 0 Å². The molecular weight excluding hydrogens is 216 g/mol. The summed E-state index contributed by atoms with van der Waals surface area (Å²) in [6.07, 6.45) is 0.236. The molecular formula is C13H20N2O2. The zero-order valence-electron chi connectivity index (χ0n) is 10.1. The van der Waals surface area contributed by atoms with E-state index in [-0.39, 0.29) is 6.61 Å². The molecule has 0 saturated carbocycles. The number of hydrogen-bond donors (Lipinski definition) is 3. The van der Waals surface area contributed by atoms with Crippen molar-refractivity contribution in [2.45, 2.75) is 32.0 Å². The third kappa shape index (κ3) is 2.60. The van der Waals surface area contributed by atoms with Gasteiger partial charge >= 0.3 is 0 Å². The number of nitrogens with two attached hydrogens (primary N) is 1. The second kappa shape index (κ2) is 5.04. The molecule has 4 heteroatoms. The summed E-state index contributed by atoms with van der Waals surface area (Å²) in [4.78, 5) is 2.18. The largest absolute Gasteiger partial charge is 0.398 e. The van der Waals surface area contributed by atoms with Crippen molar-refractivity contribution in [3.63, 3.8) is 0 Å². The van der Waals surface area contributed by atoms with Crippen LogP contribution in [0.15, 0.2) is 18.2 Å². The zero-order valence-corrected chi connectivity index (χ0v) is 10.1. The van der Waals surface area contributed by atoms with Crippen LogP contribution in [-0.2, 0) is 13.0 Å². The van der Waals surface area contributed by atoms with Gasteiger partial charge in [-0.3, -0.25) is 4.90 Å². The Morgan fingerprint density at radius 2 is 2.29 bits per heavy atom. The van der Waals surface area contributed by atoms with Gasteiger partial charge in [-0.15, -0.1) is 0 Å². The van der Waals surface area contributed by atoms with Crippen molar-refractivity contribution in [3.05, 3.63) is 29.3 Å². The van der Waals surface area contributed by atoms with Crippen molar-refractivity contribution in [3.8, 4) is 0 Å². The van der Waals surface area contributed by atoms with Crippen molar-refractivity contribution in [2.75, 3.05) is 18.9 Å². The van der Waals surface area contributed by atoms with Gasteiger partial charge in [-0.05, 0) is 30.5 Å². The lowest BCUT2D eigenvalue weighted by molar-refractivity contribution is 0.0406. The van der Waals surface area contributed by atoms with Crippen LogP contribution in [0.25, 0.3) is 0 Å². The Morgan fingerprint density at radius 3 is 3.00 bits per heavy atom. The van der Waals surface area contributed by atoms with Gasteiger partial charge in [0.2, 0.25) is 0 Å². The van der Waals surface area contributed by atoms with Gasteiger partial charge < -0.3 is 15.9 Å². The maximum atomic E-state index is 9.51. The molecule has 94 valence electrons. The average molecular weight is 236 g/mol. The van der Waals surface area contributed by atoms with Gasteiger partial charge in [-0.1, -0.05) is 12.1 Å². The van der Waals surface area contributed by atoms with Crippen molar-refractivity contribution in [1.29, 1.82) is 0 Å². The van der Waals surface area contributed by atoms with E-state index in [0.29, 0.717) is 12.6 Å². The lowest BCUT2D eigenvalue weighted by Crippen LogP contribution is -2.43. The third-order valence-corrected chi connectivity index (χ3v) is 3.46. The highest BCUT2D eigenvalue weighted by atomic mass is 16.3. The van der Waals surface area contributed by atoms with Gasteiger partial charge in [-0.25, -0.2) is 0 Å². The monoisotopic (exact) mass is 236 g/mol. The van der Waals surface area contributed by atoms with Crippen LogP contribution < -0.4 is 5.73 Å². The molecule has 0 bridgehead atoms. The minimum absolute atomic E-state index is 0.187. The van der Waals surface area contributed by atoms with E-state index in [9.17, 15) is 5.11 Å². The Hall–Kier alpha value is -1.10. The molecule has 0 spiro atoms. The van der Waals surface area contributed by atoms with Crippen LogP contribution in [0.5, 0.6) is 0 Å². The van der Waals surface area contributed by atoms with E-state index in [1.165, 1.54) is 11.1 Å². The Labute approximate surface area is 102 Å². The number of benzene rings is 1. The first-order valence-electron chi connectivity index (χ1n) is 6.01. The van der Waals surface area contributed by atoms with Gasteiger partial charge in [0.25, 0.3) is 0 Å². The smallest absolute Gasteiger partial charge is 0.0897 e. The number of fused-ring (bicyclic) bond motifs is 1. The van der Waals surface area contributed by atoms with Gasteiger partial charge in [0, 0.05) is 24.8 Å². The van der Waals surface area contributed by atoms with Crippen LogP contribution in [-0.4, -0.2) is 40.4 Å². The summed E-state index contributed by atoms with van der Waals surface area (Å²) in [5.74, 6) is 0. The molecule has 0 amide bonds. The van der Waals surface area contributed by atoms with Crippen molar-refractivity contribution >= 4 is 5.69 Å². The lowest BCUT2D eigenvalue weighted by Gasteiger charge is -2.36. The summed E-state index contributed by atoms with van der Waals surface area (Å²) < 4.78 is 0. The van der Waals surface area contributed by atoms with Gasteiger partial charge in [0.05, 0.1) is 12.7 Å². The molecule has 4 N–H and O–H groups in total. The number of aliphatic hydroxyl groups excluding tert-OH is 2. The normalized spacial score (nSPS) is 22.2. The molecule has 2 atom stereocenters. The molecule has 1 aliphatic rings. The van der Waals surface area contributed by atoms with Gasteiger partial charge in [0.15, 0.2) is 0 Å². The van der Waals surface area contributed by atoms with Crippen molar-refractivity contribution in [1.82, 2.24) is 4.90 Å². The molecule has 0 aromatic heterocycles. The summed E-state index contributed by atoms with van der Waals surface area (Å²) in [6, 6.07) is 6.32. The number of rotatable bonds is 3. The molecule has 17 heavy (non-hydrogen) atoms. The topological polar surface area (TPSA) is 69.7 Å². The highest BCUT2D eigenvalue weighted by Gasteiger charge is 2.25. The fourth-order valence-electron chi connectivity index (χ4n) is 2.42. The number of hydrogen-bond acceptors (Lipinski definition) is 4. The summed E-state index contributed by atoms with van der Waals surface area (Å²) in [6.45, 7) is 3.23. The first kappa shape index (κ1) is 12.4. The number of aliphatic hydroxyl groups is 2. The first-order valence-corrected chi connectivity index (χ1v) is 6.01. The molecule has 2 rings (SSSR count). The molecule has 1 aromatic rings. The van der Waals surface area contributed by atoms with E-state index in [2.05, 4.69) is 17.9 Å². The van der Waals surface area contributed by atoms with Crippen molar-refractivity contribution in [2.24, 2.45) is 0 Å². The summed E-state index contributed by atoms with van der Waals surface area (Å²) in [7, 11) is 0. The lowest BCUT2D eigenvalue weighted by atomic mass is 9.93. The predicted octanol–water partition coefficient (Wildman–Crippen LogP) is 0.369. The molecule has 2 unspecified atom stereocenters. The van der Waals surface area contributed by atoms with E-state index in [1.54, 1.807) is 0 Å². The maximum absolute atomic E-state index is 9.51. The fourth-order valence-corrected chi connectivity index (χ4v) is 2.42. The third-order valence-electron chi connectivity index (χ3n) is 3.46. The molecule has 0 fully saturated rings. The van der Waals surface area contributed by atoms with E-state index in [1.807, 2.05) is 12.1 Å². The number of anilines is 1. The molecule has 4 nitrogen and oxygen atoms in total. The molecule has 0 aliphatic carbocycles. The van der Waals surface area contributed by atoms with E-state index < -0.39 is 6.10 Å². The van der Waals surface area contributed by atoms with Crippen LogP contribution in [0, 0.1) is 0 Å². The molecule has 1 aliphatic heterocycles. The highest BCUT2D eigenvalue weighted by molar-refractivity contribution is 5.52. The maximum Gasteiger partial charge on any atom is 0.0897 e. The van der Waals surface area contributed by atoms with Crippen molar-refractivity contribution < 1.29 is 10.2 Å². The second-order valence-electron chi connectivity index (χ2n) is 4.80. The Balaban J connectivity index is 2.16. The fraction of sp³-hybridized carbons (Fsp3) is 0.538. The predicted molar refractivity (Wildman–Crippen MR) is 67.5 cm³/mol. The van der Waals surface area contributed by atoms with E-state index in [4.69, 9.17) is 10.8 Å². The molecule has 0 saturated heterocycles. The first-order chi connectivity index (χ1) is 8.11. The SMILES string of the molecule is CC1Cc2c(N)cccc2CN1CC(O)CO. The minimum atomic E-state index is -0.667. The van der Waals surface area contributed by atoms with Gasteiger partial charge in [0.1, 0.15) is 0 Å². The minimum Gasteiger partial charge on any atom is -0.398 e. The van der Waals surface area contributed by atoms with Gasteiger partial charge in [-0.2, -0.15) is 0 Å². The Bertz CT molecular complexity index is 395. The summed E-state index contributed by atoms with van der Waals surface area (Å²) >= 11 is 0. The molecule has 0 radical (unpaired) electrons. The molecule has 1 aromatic carbocycles. The van der Waals surface area contributed by atoms with Crippen LogP contribution in [0.2, 0.25) is 0 Å². The van der Waals surface area contributed by atoms with Crippen LogP contribution in [0.4, 0.5) is 5.69 Å². The van der Waals surface area contributed by atoms with E-state index >= 15 is 0 Å². The average Bonchev–Trinajstić information content (AvgIpc) is 2.31. The van der Waals surface area contributed by atoms with Crippen LogP contribution >= 0.6 is 0 Å².